The molecule has 1 aliphatic heterocycles. The molecule has 2 fully saturated rings. The van der Waals surface area contributed by atoms with Crippen LogP contribution in [0.5, 0.6) is 5.75 Å². The second kappa shape index (κ2) is 5.79. The number of carboxylic acids is 1. The molecule has 1 aliphatic carbocycles. The molecule has 1 saturated carbocycles. The summed E-state index contributed by atoms with van der Waals surface area (Å²) in [7, 11) is 0. The van der Waals surface area contributed by atoms with E-state index < -0.39 is 23.0 Å². The van der Waals surface area contributed by atoms with Gasteiger partial charge in [0.2, 0.25) is 5.91 Å². The van der Waals surface area contributed by atoms with Gasteiger partial charge in [-0.25, -0.2) is 8.78 Å². The number of halogens is 2. The number of benzene rings is 1. The van der Waals surface area contributed by atoms with E-state index >= 15 is 0 Å². The topological polar surface area (TPSA) is 66.8 Å². The Morgan fingerprint density at radius 2 is 1.87 bits per heavy atom. The van der Waals surface area contributed by atoms with Gasteiger partial charge in [-0.1, -0.05) is 0 Å². The summed E-state index contributed by atoms with van der Waals surface area (Å²) in [4.78, 5) is 25.0. The number of piperidine rings is 1. The largest absolute Gasteiger partial charge is 0.487 e. The van der Waals surface area contributed by atoms with Crippen LogP contribution in [-0.4, -0.2) is 41.1 Å². The van der Waals surface area contributed by atoms with Crippen LogP contribution >= 0.6 is 0 Å². The molecule has 5 nitrogen and oxygen atoms in total. The Kier molecular flexibility index (Phi) is 3.95. The van der Waals surface area contributed by atoms with Crippen LogP contribution in [0.4, 0.5) is 8.78 Å². The van der Waals surface area contributed by atoms with Crippen LogP contribution in [0.2, 0.25) is 0 Å². The Morgan fingerprint density at radius 1 is 1.22 bits per heavy atom. The van der Waals surface area contributed by atoms with Crippen molar-refractivity contribution in [1.29, 1.82) is 0 Å². The van der Waals surface area contributed by atoms with E-state index in [0.717, 1.165) is 12.1 Å². The summed E-state index contributed by atoms with van der Waals surface area (Å²) in [6.45, 7) is 0.753. The first kappa shape index (κ1) is 15.7. The van der Waals surface area contributed by atoms with Crippen LogP contribution in [0.25, 0.3) is 0 Å². The number of rotatable bonds is 4. The average molecular weight is 325 g/mol. The zero-order valence-corrected chi connectivity index (χ0v) is 12.4. The number of aliphatic carboxylic acids is 1. The van der Waals surface area contributed by atoms with Crippen molar-refractivity contribution in [3.63, 3.8) is 0 Å². The van der Waals surface area contributed by atoms with Crippen LogP contribution in [0, 0.1) is 17.0 Å². The number of carboxylic acid groups (broad SMARTS) is 1. The van der Waals surface area contributed by atoms with Gasteiger partial charge in [-0.05, 0) is 25.0 Å². The van der Waals surface area contributed by atoms with Gasteiger partial charge >= 0.3 is 5.97 Å². The number of carbonyl (C=O) groups is 2. The summed E-state index contributed by atoms with van der Waals surface area (Å²) >= 11 is 0. The fourth-order valence-electron chi connectivity index (χ4n) is 2.87. The highest BCUT2D eigenvalue weighted by Gasteiger charge is 2.58. The molecule has 0 unspecified atom stereocenters. The molecule has 1 heterocycles. The Morgan fingerprint density at radius 3 is 2.39 bits per heavy atom. The minimum Gasteiger partial charge on any atom is -0.487 e. The lowest BCUT2D eigenvalue weighted by Gasteiger charge is -2.33. The molecule has 1 aromatic carbocycles. The molecule has 0 spiro atoms. The molecule has 1 N–H and O–H groups in total. The summed E-state index contributed by atoms with van der Waals surface area (Å²) in [5, 5.41) is 9.16. The van der Waals surface area contributed by atoms with Crippen molar-refractivity contribution < 1.29 is 28.2 Å². The maximum atomic E-state index is 13.6. The summed E-state index contributed by atoms with van der Waals surface area (Å²) in [5.74, 6) is -2.84. The highest BCUT2D eigenvalue weighted by atomic mass is 19.1. The highest BCUT2D eigenvalue weighted by Crippen LogP contribution is 2.47. The molecule has 124 valence electrons. The summed E-state index contributed by atoms with van der Waals surface area (Å²) < 4.78 is 32.0. The van der Waals surface area contributed by atoms with Crippen molar-refractivity contribution in [2.45, 2.75) is 31.8 Å². The van der Waals surface area contributed by atoms with Gasteiger partial charge < -0.3 is 14.7 Å². The van der Waals surface area contributed by atoms with Gasteiger partial charge in [0.1, 0.15) is 17.3 Å². The lowest BCUT2D eigenvalue weighted by molar-refractivity contribution is -0.154. The van der Waals surface area contributed by atoms with E-state index in [2.05, 4.69) is 0 Å². The molecule has 0 aromatic heterocycles. The minimum atomic E-state index is -1.23. The number of ether oxygens (including phenoxy) is 1. The monoisotopic (exact) mass is 325 g/mol. The zero-order valence-electron chi connectivity index (χ0n) is 12.4. The summed E-state index contributed by atoms with van der Waals surface area (Å²) in [5.41, 5.74) is -1.23. The molecular weight excluding hydrogens is 308 g/mol. The third-order valence-corrected chi connectivity index (χ3v) is 4.49. The summed E-state index contributed by atoms with van der Waals surface area (Å²) in [6, 6.07) is 3.13. The van der Waals surface area contributed by atoms with Crippen LogP contribution < -0.4 is 4.74 Å². The lowest BCUT2D eigenvalue weighted by atomic mass is 10.0. The minimum absolute atomic E-state index is 0.0135. The van der Waals surface area contributed by atoms with Crippen LogP contribution in [-0.2, 0) is 9.59 Å². The molecule has 7 heteroatoms. The van der Waals surface area contributed by atoms with E-state index in [4.69, 9.17) is 9.84 Å². The molecule has 1 amide bonds. The molecule has 1 saturated heterocycles. The first-order valence-corrected chi connectivity index (χ1v) is 7.57. The average Bonchev–Trinajstić information content (AvgIpc) is 3.32. The Hall–Kier alpha value is -2.18. The van der Waals surface area contributed by atoms with E-state index in [0.29, 0.717) is 38.8 Å². The van der Waals surface area contributed by atoms with E-state index in [1.54, 1.807) is 4.90 Å². The molecule has 2 aliphatic rings. The van der Waals surface area contributed by atoms with Gasteiger partial charge in [0.15, 0.2) is 11.6 Å². The number of hydrogen-bond acceptors (Lipinski definition) is 3. The smallest absolute Gasteiger partial charge is 0.319 e. The van der Waals surface area contributed by atoms with Gasteiger partial charge in [-0.2, -0.15) is 0 Å². The Labute approximate surface area is 131 Å². The first-order chi connectivity index (χ1) is 10.9. The van der Waals surface area contributed by atoms with Crippen LogP contribution in [0.3, 0.4) is 0 Å². The maximum absolute atomic E-state index is 13.6. The Bertz CT molecular complexity index is 637. The van der Waals surface area contributed by atoms with Crippen LogP contribution in [0.1, 0.15) is 25.7 Å². The third kappa shape index (κ3) is 3.00. The molecule has 0 radical (unpaired) electrons. The van der Waals surface area contributed by atoms with Crippen molar-refractivity contribution in [3.8, 4) is 5.75 Å². The SMILES string of the molecule is O=C(O)C1(C(=O)N2CCC(Oc3ccc(F)cc3F)CC2)CC1. The highest BCUT2D eigenvalue weighted by molar-refractivity contribution is 6.04. The van der Waals surface area contributed by atoms with E-state index in [1.807, 2.05) is 0 Å². The quantitative estimate of drug-likeness (QED) is 0.862. The lowest BCUT2D eigenvalue weighted by Crippen LogP contribution is -2.46. The second-order valence-electron chi connectivity index (χ2n) is 6.07. The molecule has 3 rings (SSSR count). The van der Waals surface area contributed by atoms with Crippen molar-refractivity contribution in [2.75, 3.05) is 13.1 Å². The fraction of sp³-hybridized carbons (Fsp3) is 0.500. The van der Waals surface area contributed by atoms with Crippen molar-refractivity contribution in [1.82, 2.24) is 4.90 Å². The number of carbonyl (C=O) groups excluding carboxylic acids is 1. The molecular formula is C16H17F2NO4. The fourth-order valence-corrected chi connectivity index (χ4v) is 2.87. The van der Waals surface area contributed by atoms with E-state index in [9.17, 15) is 18.4 Å². The molecule has 0 bridgehead atoms. The number of nitrogens with zero attached hydrogens (tertiary/aromatic N) is 1. The van der Waals surface area contributed by atoms with Gasteiger partial charge in [-0.15, -0.1) is 0 Å². The van der Waals surface area contributed by atoms with Crippen LogP contribution in [0.15, 0.2) is 18.2 Å². The molecule has 1 aromatic rings. The number of hydrogen-bond donors (Lipinski definition) is 1. The first-order valence-electron chi connectivity index (χ1n) is 7.57. The molecule has 0 atom stereocenters. The van der Waals surface area contributed by atoms with Gasteiger partial charge in [0, 0.05) is 32.0 Å². The van der Waals surface area contributed by atoms with E-state index in [1.165, 1.54) is 6.07 Å². The zero-order chi connectivity index (χ0) is 16.6. The summed E-state index contributed by atoms with van der Waals surface area (Å²) in [6.07, 6.45) is 1.46. The van der Waals surface area contributed by atoms with Gasteiger partial charge in [-0.3, -0.25) is 9.59 Å². The predicted octanol–water partition coefficient (Wildman–Crippen LogP) is 2.20. The van der Waals surface area contributed by atoms with E-state index in [-0.39, 0.29) is 17.8 Å². The standard InChI is InChI=1S/C16H17F2NO4/c17-10-1-2-13(12(18)9-10)23-11-3-7-19(8-4-11)14(20)16(5-6-16)15(21)22/h1-2,9,11H,3-8H2,(H,21,22). The van der Waals surface area contributed by atoms with Gasteiger partial charge in [0.05, 0.1) is 0 Å². The van der Waals surface area contributed by atoms with Gasteiger partial charge in [0.25, 0.3) is 0 Å². The Balaban J connectivity index is 1.56. The number of likely N-dealkylation sites (tertiary alicyclic amines) is 1. The maximum Gasteiger partial charge on any atom is 0.319 e. The van der Waals surface area contributed by atoms with Crippen molar-refractivity contribution in [2.24, 2.45) is 5.41 Å². The van der Waals surface area contributed by atoms with Crippen molar-refractivity contribution >= 4 is 11.9 Å². The number of amides is 1. The molecule has 23 heavy (non-hydrogen) atoms. The van der Waals surface area contributed by atoms with Crippen molar-refractivity contribution in [3.05, 3.63) is 29.8 Å². The predicted molar refractivity (Wildman–Crippen MR) is 75.9 cm³/mol. The normalized spacial score (nSPS) is 20.2. The third-order valence-electron chi connectivity index (χ3n) is 4.49. The second-order valence-corrected chi connectivity index (χ2v) is 6.07.